The fourth-order valence-corrected chi connectivity index (χ4v) is 2.32. The van der Waals surface area contributed by atoms with E-state index < -0.39 is 15.5 Å². The van der Waals surface area contributed by atoms with E-state index in [0.29, 0.717) is 5.69 Å². The molecule has 0 fully saturated rings. The third-order valence-corrected chi connectivity index (χ3v) is 3.35. The molecule has 1 heterocycles. The van der Waals surface area contributed by atoms with E-state index in [9.17, 15) is 13.0 Å². The topological polar surface area (TPSA) is 61.1 Å². The first-order valence-corrected chi connectivity index (χ1v) is 6.05. The van der Waals surface area contributed by atoms with Crippen LogP contribution in [-0.2, 0) is 10.1 Å². The third-order valence-electron chi connectivity index (χ3n) is 2.12. The largest absolute Gasteiger partial charge is 0.743 e. The van der Waals surface area contributed by atoms with Gasteiger partial charge in [-0.3, -0.25) is 0 Å². The van der Waals surface area contributed by atoms with Crippen molar-refractivity contribution in [3.05, 3.63) is 36.7 Å². The predicted octanol–water partition coefficient (Wildman–Crippen LogP) is 1.07. The van der Waals surface area contributed by atoms with Crippen LogP contribution in [0.2, 0.25) is 0 Å². The Kier molecular flexibility index (Phi) is 3.60. The summed E-state index contributed by atoms with van der Waals surface area (Å²) in [5.74, 6) is 0. The molecule has 0 aliphatic rings. The molecule has 5 heteroatoms. The highest BCUT2D eigenvalue weighted by atomic mass is 32.2. The molecule has 0 aromatic carbocycles. The Hall–Kier alpha value is -1.20. The summed E-state index contributed by atoms with van der Waals surface area (Å²) in [6.07, 6.45) is 3.33. The van der Waals surface area contributed by atoms with E-state index in [1.165, 1.54) is 10.6 Å². The van der Waals surface area contributed by atoms with Gasteiger partial charge in [0.1, 0.15) is 0 Å². The van der Waals surface area contributed by atoms with E-state index in [4.69, 9.17) is 0 Å². The predicted molar refractivity (Wildman–Crippen MR) is 55.8 cm³/mol. The van der Waals surface area contributed by atoms with Crippen molar-refractivity contribution in [1.29, 1.82) is 0 Å². The van der Waals surface area contributed by atoms with Crippen LogP contribution in [0, 0.1) is 0 Å². The van der Waals surface area contributed by atoms with Crippen LogP contribution in [0.25, 0.3) is 6.08 Å². The smallest absolute Gasteiger partial charge is 0.246 e. The Morgan fingerprint density at radius 2 is 2.27 bits per heavy atom. The minimum atomic E-state index is -4.34. The average Bonchev–Trinajstić information content (AvgIpc) is 2.17. The molecule has 1 aromatic rings. The number of nitrogens with zero attached hydrogens (tertiary/aromatic N) is 1. The van der Waals surface area contributed by atoms with Gasteiger partial charge in [-0.25, -0.2) is 8.42 Å². The normalized spacial score (nSPS) is 13.5. The molecule has 0 N–H and O–H groups in total. The van der Waals surface area contributed by atoms with Crippen molar-refractivity contribution in [1.82, 2.24) is 0 Å². The summed E-state index contributed by atoms with van der Waals surface area (Å²) < 4.78 is 34.5. The van der Waals surface area contributed by atoms with Gasteiger partial charge in [0, 0.05) is 24.6 Å². The molecule has 0 amide bonds. The highest BCUT2D eigenvalue weighted by molar-refractivity contribution is 7.85. The molecule has 1 atom stereocenters. The van der Waals surface area contributed by atoms with Gasteiger partial charge in [0.15, 0.2) is 16.3 Å². The van der Waals surface area contributed by atoms with Crippen molar-refractivity contribution in [2.75, 3.05) is 0 Å². The van der Waals surface area contributed by atoms with Crippen molar-refractivity contribution in [2.24, 2.45) is 0 Å². The van der Waals surface area contributed by atoms with Crippen molar-refractivity contribution in [2.45, 2.75) is 18.7 Å². The summed E-state index contributed by atoms with van der Waals surface area (Å²) in [5, 5.41) is -1.06. The summed E-state index contributed by atoms with van der Waals surface area (Å²) in [4.78, 5) is 0. The second kappa shape index (κ2) is 4.55. The molecule has 4 nitrogen and oxygen atoms in total. The van der Waals surface area contributed by atoms with Gasteiger partial charge >= 0.3 is 0 Å². The molecule has 0 bridgehead atoms. The van der Waals surface area contributed by atoms with Gasteiger partial charge in [0.05, 0.1) is 0 Å². The standard InChI is InChI=1S/C10H13NO3S/c1-3-9-7-5-6-8-11(9)10(4-2)15(12,13)14/h3,5-8,10H,1,4H2,2H3. The van der Waals surface area contributed by atoms with E-state index in [1.807, 2.05) is 0 Å². The highest BCUT2D eigenvalue weighted by Crippen LogP contribution is 2.11. The zero-order chi connectivity index (χ0) is 11.5. The highest BCUT2D eigenvalue weighted by Gasteiger charge is 2.25. The van der Waals surface area contributed by atoms with Crippen molar-refractivity contribution in [3.63, 3.8) is 0 Å². The van der Waals surface area contributed by atoms with Crippen molar-refractivity contribution in [3.8, 4) is 0 Å². The van der Waals surface area contributed by atoms with E-state index in [2.05, 4.69) is 6.58 Å². The molecule has 1 rings (SSSR count). The van der Waals surface area contributed by atoms with Crippen LogP contribution in [0.15, 0.2) is 31.0 Å². The SMILES string of the molecule is C=Cc1cccc[n+]1C(CC)S(=O)(=O)[O-]. The first-order valence-electron chi connectivity index (χ1n) is 4.58. The number of aromatic nitrogens is 1. The maximum Gasteiger partial charge on any atom is 0.246 e. The molecule has 82 valence electrons. The number of hydrogen-bond donors (Lipinski definition) is 0. The first kappa shape index (κ1) is 11.9. The van der Waals surface area contributed by atoms with Gasteiger partial charge in [-0.1, -0.05) is 13.5 Å². The summed E-state index contributed by atoms with van der Waals surface area (Å²) in [7, 11) is -4.34. The molecule has 1 aromatic heterocycles. The summed E-state index contributed by atoms with van der Waals surface area (Å²) >= 11 is 0. The molecule has 0 spiro atoms. The fourth-order valence-electron chi connectivity index (χ4n) is 1.44. The van der Waals surface area contributed by atoms with E-state index >= 15 is 0 Å². The molecular weight excluding hydrogens is 214 g/mol. The molecular formula is C10H13NO3S. The van der Waals surface area contributed by atoms with Gasteiger partial charge in [0.2, 0.25) is 11.1 Å². The molecule has 0 radical (unpaired) electrons. The lowest BCUT2D eigenvalue weighted by molar-refractivity contribution is -0.704. The van der Waals surface area contributed by atoms with Crippen LogP contribution >= 0.6 is 0 Å². The number of hydrogen-bond acceptors (Lipinski definition) is 3. The van der Waals surface area contributed by atoms with Crippen molar-refractivity contribution >= 4 is 16.2 Å². The number of rotatable bonds is 4. The minimum Gasteiger partial charge on any atom is -0.743 e. The Morgan fingerprint density at radius 1 is 1.60 bits per heavy atom. The minimum absolute atomic E-state index is 0.237. The lowest BCUT2D eigenvalue weighted by atomic mass is 10.3. The summed E-state index contributed by atoms with van der Waals surface area (Å²) in [6.45, 7) is 5.23. The third kappa shape index (κ3) is 2.64. The van der Waals surface area contributed by atoms with Gasteiger partial charge in [0.25, 0.3) is 0 Å². The molecule has 1 unspecified atom stereocenters. The average molecular weight is 227 g/mol. The Balaban J connectivity index is 3.30. The van der Waals surface area contributed by atoms with Gasteiger partial charge in [-0.05, 0) is 6.07 Å². The van der Waals surface area contributed by atoms with E-state index in [1.54, 1.807) is 31.3 Å². The maximum absolute atomic E-state index is 11.0. The zero-order valence-corrected chi connectivity index (χ0v) is 9.28. The van der Waals surface area contributed by atoms with Crippen LogP contribution < -0.4 is 4.57 Å². The van der Waals surface area contributed by atoms with Crippen LogP contribution in [0.3, 0.4) is 0 Å². The summed E-state index contributed by atoms with van der Waals surface area (Å²) in [5.41, 5.74) is 0.615. The van der Waals surface area contributed by atoms with Crippen LogP contribution in [-0.4, -0.2) is 13.0 Å². The Labute approximate surface area is 89.6 Å². The molecule has 0 saturated heterocycles. The molecule has 0 aliphatic heterocycles. The fraction of sp³-hybridized carbons (Fsp3) is 0.300. The second-order valence-corrected chi connectivity index (χ2v) is 4.62. The Bertz CT molecular complexity index is 453. The second-order valence-electron chi connectivity index (χ2n) is 3.09. The Morgan fingerprint density at radius 3 is 2.73 bits per heavy atom. The van der Waals surface area contributed by atoms with Gasteiger partial charge in [-0.15, -0.1) is 0 Å². The molecule has 0 aliphatic carbocycles. The van der Waals surface area contributed by atoms with Gasteiger partial charge < -0.3 is 4.55 Å². The van der Waals surface area contributed by atoms with E-state index in [-0.39, 0.29) is 6.42 Å². The summed E-state index contributed by atoms with van der Waals surface area (Å²) in [6, 6.07) is 5.15. The van der Waals surface area contributed by atoms with Gasteiger partial charge in [-0.2, -0.15) is 4.57 Å². The maximum atomic E-state index is 11.0. The number of pyridine rings is 1. The molecule has 0 saturated carbocycles. The molecule has 15 heavy (non-hydrogen) atoms. The lowest BCUT2D eigenvalue weighted by Gasteiger charge is -2.15. The monoisotopic (exact) mass is 227 g/mol. The quantitative estimate of drug-likeness (QED) is 0.571. The van der Waals surface area contributed by atoms with Crippen LogP contribution in [0.1, 0.15) is 24.4 Å². The van der Waals surface area contributed by atoms with Crippen molar-refractivity contribution < 1.29 is 17.5 Å². The van der Waals surface area contributed by atoms with Crippen LogP contribution in [0.4, 0.5) is 0 Å². The zero-order valence-electron chi connectivity index (χ0n) is 8.46. The lowest BCUT2D eigenvalue weighted by Crippen LogP contribution is -2.45. The first-order chi connectivity index (χ1) is 7.00. The van der Waals surface area contributed by atoms with E-state index in [0.717, 1.165) is 0 Å². The van der Waals surface area contributed by atoms with Crippen LogP contribution in [0.5, 0.6) is 0 Å².